The van der Waals surface area contributed by atoms with Crippen LogP contribution >= 0.6 is 0 Å². The molecular formula is C19H16F3N3O2. The first-order valence-corrected chi connectivity index (χ1v) is 8.55. The van der Waals surface area contributed by atoms with Gasteiger partial charge in [-0.25, -0.2) is 9.50 Å². The van der Waals surface area contributed by atoms with E-state index in [2.05, 4.69) is 10.1 Å². The minimum Gasteiger partial charge on any atom is -0.465 e. The van der Waals surface area contributed by atoms with Gasteiger partial charge in [0, 0.05) is 11.8 Å². The quantitative estimate of drug-likeness (QED) is 0.647. The highest BCUT2D eigenvalue weighted by atomic mass is 19.4. The monoisotopic (exact) mass is 375 g/mol. The molecule has 0 bridgehead atoms. The maximum Gasteiger partial charge on any atom is 0.416 e. The van der Waals surface area contributed by atoms with Crippen molar-refractivity contribution < 1.29 is 22.7 Å². The van der Waals surface area contributed by atoms with Crippen molar-refractivity contribution in [2.24, 2.45) is 0 Å². The van der Waals surface area contributed by atoms with E-state index in [1.54, 1.807) is 29.9 Å². The molecule has 0 saturated heterocycles. The summed E-state index contributed by atoms with van der Waals surface area (Å²) in [6.45, 7) is 2.05. The average molecular weight is 375 g/mol. The molecule has 1 aliphatic rings. The van der Waals surface area contributed by atoms with E-state index in [4.69, 9.17) is 4.74 Å². The minimum absolute atomic E-state index is 0.288. The third-order valence-electron chi connectivity index (χ3n) is 4.83. The Hall–Kier alpha value is -2.90. The molecule has 0 aliphatic heterocycles. The zero-order chi connectivity index (χ0) is 19.2. The van der Waals surface area contributed by atoms with Crippen LogP contribution in [0.3, 0.4) is 0 Å². The fraction of sp³-hybridized carbons (Fsp3) is 0.316. The highest BCUT2D eigenvalue weighted by Gasteiger charge is 2.54. The summed E-state index contributed by atoms with van der Waals surface area (Å²) in [5.41, 5.74) is 0.914. The highest BCUT2D eigenvalue weighted by molar-refractivity contribution is 5.87. The molecule has 0 unspecified atom stereocenters. The van der Waals surface area contributed by atoms with Crippen LogP contribution in [0.15, 0.2) is 42.7 Å². The van der Waals surface area contributed by atoms with Gasteiger partial charge in [0.1, 0.15) is 5.41 Å². The molecule has 1 aromatic carbocycles. The van der Waals surface area contributed by atoms with Gasteiger partial charge >= 0.3 is 12.1 Å². The summed E-state index contributed by atoms with van der Waals surface area (Å²) >= 11 is 0. The van der Waals surface area contributed by atoms with Gasteiger partial charge in [0.25, 0.3) is 0 Å². The molecule has 3 aromatic rings. The lowest BCUT2D eigenvalue weighted by molar-refractivity contribution is -0.146. The number of halogens is 3. The van der Waals surface area contributed by atoms with Crippen molar-refractivity contribution in [2.45, 2.75) is 31.4 Å². The molecule has 0 amide bonds. The van der Waals surface area contributed by atoms with Gasteiger partial charge in [-0.05, 0) is 43.5 Å². The van der Waals surface area contributed by atoms with Crippen LogP contribution in [0.5, 0.6) is 0 Å². The van der Waals surface area contributed by atoms with Crippen molar-refractivity contribution in [3.05, 3.63) is 54.0 Å². The number of carbonyl (C=O) groups excluding carboxylic acids is 1. The van der Waals surface area contributed by atoms with Crippen LogP contribution in [-0.4, -0.2) is 27.2 Å². The van der Waals surface area contributed by atoms with Gasteiger partial charge < -0.3 is 4.74 Å². The first-order valence-electron chi connectivity index (χ1n) is 8.55. The molecule has 8 heteroatoms. The van der Waals surface area contributed by atoms with Crippen LogP contribution < -0.4 is 0 Å². The van der Waals surface area contributed by atoms with Crippen molar-refractivity contribution >= 4 is 11.6 Å². The molecule has 1 aliphatic carbocycles. The SMILES string of the molecule is CCOC(=O)C1(c2ccnc3c(-c4ccc(C(F)(F)F)cc4)cnn23)CC1. The fourth-order valence-electron chi connectivity index (χ4n) is 3.26. The van der Waals surface area contributed by atoms with Gasteiger partial charge in [0.2, 0.25) is 0 Å². The van der Waals surface area contributed by atoms with Gasteiger partial charge in [-0.3, -0.25) is 4.79 Å². The van der Waals surface area contributed by atoms with Crippen LogP contribution in [0.1, 0.15) is 31.0 Å². The second-order valence-electron chi connectivity index (χ2n) is 6.50. The van der Waals surface area contributed by atoms with Gasteiger partial charge in [0.05, 0.1) is 24.1 Å². The fourth-order valence-corrected chi connectivity index (χ4v) is 3.26. The summed E-state index contributed by atoms with van der Waals surface area (Å²) in [6.07, 6.45) is 0.0821. The summed E-state index contributed by atoms with van der Waals surface area (Å²) < 4.78 is 45.1. The van der Waals surface area contributed by atoms with E-state index in [-0.39, 0.29) is 5.97 Å². The number of ether oxygens (including phenoxy) is 1. The maximum absolute atomic E-state index is 12.8. The van der Waals surface area contributed by atoms with Crippen LogP contribution in [0.25, 0.3) is 16.8 Å². The number of fused-ring (bicyclic) bond motifs is 1. The predicted octanol–water partition coefficient (Wildman–Crippen LogP) is 4.01. The number of aromatic nitrogens is 3. The summed E-state index contributed by atoms with van der Waals surface area (Å²) in [6, 6.07) is 6.59. The Bertz CT molecular complexity index is 1010. The summed E-state index contributed by atoms with van der Waals surface area (Å²) in [5, 5.41) is 4.34. The third kappa shape index (κ3) is 2.85. The normalized spacial score (nSPS) is 15.7. The van der Waals surface area contributed by atoms with Crippen molar-refractivity contribution in [1.82, 2.24) is 14.6 Å². The molecule has 4 rings (SSSR count). The first kappa shape index (κ1) is 17.5. The summed E-state index contributed by atoms with van der Waals surface area (Å²) in [7, 11) is 0. The van der Waals surface area contributed by atoms with Crippen molar-refractivity contribution in [3.8, 4) is 11.1 Å². The number of hydrogen-bond donors (Lipinski definition) is 0. The van der Waals surface area contributed by atoms with E-state index in [0.29, 0.717) is 41.9 Å². The number of nitrogens with zero attached hydrogens (tertiary/aromatic N) is 3. The number of benzene rings is 1. The van der Waals surface area contributed by atoms with Crippen LogP contribution in [0.2, 0.25) is 0 Å². The Labute approximate surface area is 152 Å². The van der Waals surface area contributed by atoms with Gasteiger partial charge in [-0.2, -0.15) is 18.3 Å². The molecule has 1 fully saturated rings. The largest absolute Gasteiger partial charge is 0.465 e. The van der Waals surface area contributed by atoms with E-state index < -0.39 is 17.2 Å². The standard InChI is InChI=1S/C19H16F3N3O2/c1-2-27-17(26)18(8-9-18)15-7-10-23-16-14(11-24-25(15)16)12-3-5-13(6-4-12)19(20,21)22/h3-7,10-11H,2,8-9H2,1H3. The van der Waals surface area contributed by atoms with E-state index in [1.807, 2.05) is 0 Å². The Morgan fingerprint density at radius 1 is 1.22 bits per heavy atom. The van der Waals surface area contributed by atoms with Crippen molar-refractivity contribution in [1.29, 1.82) is 0 Å². The highest BCUT2D eigenvalue weighted by Crippen LogP contribution is 2.49. The third-order valence-corrected chi connectivity index (χ3v) is 4.83. The Balaban J connectivity index is 1.77. The minimum atomic E-state index is -4.39. The molecule has 5 nitrogen and oxygen atoms in total. The number of alkyl halides is 3. The average Bonchev–Trinajstić information content (AvgIpc) is 3.34. The lowest BCUT2D eigenvalue weighted by Gasteiger charge is -2.15. The van der Waals surface area contributed by atoms with Gasteiger partial charge in [-0.1, -0.05) is 12.1 Å². The molecule has 0 atom stereocenters. The molecule has 2 heterocycles. The lowest BCUT2D eigenvalue weighted by Crippen LogP contribution is -2.26. The summed E-state index contributed by atoms with van der Waals surface area (Å²) in [5.74, 6) is -0.288. The molecule has 0 N–H and O–H groups in total. The summed E-state index contributed by atoms with van der Waals surface area (Å²) in [4.78, 5) is 16.7. The van der Waals surface area contributed by atoms with Crippen molar-refractivity contribution in [3.63, 3.8) is 0 Å². The Kier molecular flexibility index (Phi) is 3.94. The number of carbonyl (C=O) groups is 1. The molecule has 2 aromatic heterocycles. The first-order chi connectivity index (χ1) is 12.9. The number of hydrogen-bond acceptors (Lipinski definition) is 4. The van der Waals surface area contributed by atoms with Crippen LogP contribution in [0.4, 0.5) is 13.2 Å². The second-order valence-corrected chi connectivity index (χ2v) is 6.50. The maximum atomic E-state index is 12.8. The van der Waals surface area contributed by atoms with Gasteiger partial charge in [-0.15, -0.1) is 0 Å². The van der Waals surface area contributed by atoms with Gasteiger partial charge in [0.15, 0.2) is 5.65 Å². The molecule has 140 valence electrons. The molecule has 0 radical (unpaired) electrons. The number of rotatable bonds is 4. The number of esters is 1. The Morgan fingerprint density at radius 2 is 1.93 bits per heavy atom. The zero-order valence-electron chi connectivity index (χ0n) is 14.5. The van der Waals surface area contributed by atoms with E-state index in [1.165, 1.54) is 12.1 Å². The van der Waals surface area contributed by atoms with E-state index in [0.717, 1.165) is 12.1 Å². The second kappa shape index (κ2) is 6.07. The van der Waals surface area contributed by atoms with Crippen LogP contribution in [0, 0.1) is 0 Å². The smallest absolute Gasteiger partial charge is 0.416 e. The van der Waals surface area contributed by atoms with E-state index in [9.17, 15) is 18.0 Å². The van der Waals surface area contributed by atoms with Crippen molar-refractivity contribution in [2.75, 3.05) is 6.61 Å². The molecule has 0 spiro atoms. The molecule has 1 saturated carbocycles. The lowest BCUT2D eigenvalue weighted by atomic mass is 10.0. The molecular weight excluding hydrogens is 359 g/mol. The molecule has 27 heavy (non-hydrogen) atoms. The van der Waals surface area contributed by atoms with E-state index >= 15 is 0 Å². The van der Waals surface area contributed by atoms with Crippen LogP contribution in [-0.2, 0) is 21.1 Å². The Morgan fingerprint density at radius 3 is 2.52 bits per heavy atom. The zero-order valence-corrected chi connectivity index (χ0v) is 14.5. The predicted molar refractivity (Wildman–Crippen MR) is 91.0 cm³/mol. The topological polar surface area (TPSA) is 56.5 Å².